The fourth-order valence-electron chi connectivity index (χ4n) is 9.51. The molecule has 0 radical (unpaired) electrons. The van der Waals surface area contributed by atoms with Gasteiger partial charge in [0.15, 0.2) is 17.5 Å². The van der Waals surface area contributed by atoms with Crippen molar-refractivity contribution in [3.63, 3.8) is 0 Å². The second kappa shape index (κ2) is 56.1. The van der Waals surface area contributed by atoms with Crippen LogP contribution in [0.5, 0.6) is 0 Å². The van der Waals surface area contributed by atoms with E-state index in [-0.39, 0.29) is 129 Å². The molecule has 11 N–H and O–H groups in total. The van der Waals surface area contributed by atoms with Crippen LogP contribution in [0, 0.1) is 0 Å². The van der Waals surface area contributed by atoms with Gasteiger partial charge in [-0.2, -0.15) is 0 Å². The predicted octanol–water partition coefficient (Wildman–Crippen LogP) is -1.05. The first kappa shape index (κ1) is 92.4. The Morgan fingerprint density at radius 1 is 0.306 bits per heavy atom. The van der Waals surface area contributed by atoms with Crippen LogP contribution < -0.4 is 53.6 Å². The van der Waals surface area contributed by atoms with E-state index in [1.807, 2.05) is 0 Å². The van der Waals surface area contributed by atoms with Crippen LogP contribution in [0.3, 0.4) is 0 Å². The van der Waals surface area contributed by atoms with Gasteiger partial charge in [0.2, 0.25) is 41.1 Å². The number of nitrogens with zero attached hydrogens (tertiary/aromatic N) is 8. The molecule has 0 unspecified atom stereocenters. The van der Waals surface area contributed by atoms with Gasteiger partial charge in [-0.15, -0.1) is 0 Å². The van der Waals surface area contributed by atoms with Crippen molar-refractivity contribution in [1.29, 1.82) is 0 Å². The van der Waals surface area contributed by atoms with E-state index in [2.05, 4.69) is 62.8 Å². The van der Waals surface area contributed by atoms with E-state index in [9.17, 15) is 43.2 Å². The quantitative estimate of drug-likeness (QED) is 0.0164. The Hall–Kier alpha value is -9.22. The van der Waals surface area contributed by atoms with Gasteiger partial charge in [0, 0.05) is 112 Å². The molecule has 620 valence electrons. The molecule has 0 saturated carbocycles. The maximum atomic E-state index is 13.3. The highest BCUT2D eigenvalue weighted by atomic mass is 16.6. The molecule has 0 fully saturated rings. The molecule has 5 rings (SSSR count). The zero-order valence-electron chi connectivity index (χ0n) is 64.2. The highest BCUT2D eigenvalue weighted by molar-refractivity contribution is 6.05. The molecule has 0 bridgehead atoms. The van der Waals surface area contributed by atoms with E-state index in [0.29, 0.717) is 178 Å². The molecule has 111 heavy (non-hydrogen) atoms. The summed E-state index contributed by atoms with van der Waals surface area (Å²) in [5, 5.41) is 23.7. The van der Waals surface area contributed by atoms with Crippen LogP contribution >= 0.6 is 0 Å². The van der Waals surface area contributed by atoms with E-state index in [0.717, 1.165) is 0 Å². The van der Waals surface area contributed by atoms with Crippen molar-refractivity contribution in [1.82, 2.24) is 59.1 Å². The Bertz CT molecular complexity index is 3560. The summed E-state index contributed by atoms with van der Waals surface area (Å²) < 4.78 is 88.8. The van der Waals surface area contributed by atoms with Crippen LogP contribution in [-0.4, -0.2) is 315 Å². The molecule has 9 amide bonds. The molecule has 0 saturated heterocycles. The minimum atomic E-state index is -0.645. The van der Waals surface area contributed by atoms with Crippen LogP contribution in [0.1, 0.15) is 79.0 Å². The number of ether oxygens (including phenoxy) is 15. The number of aromatic nitrogens is 8. The molecule has 5 aromatic rings. The molecule has 42 heteroatoms. The molecule has 0 atom stereocenters. The van der Waals surface area contributed by atoms with Crippen molar-refractivity contribution >= 4 is 82.0 Å². The van der Waals surface area contributed by atoms with Gasteiger partial charge in [0.25, 0.3) is 29.5 Å². The van der Waals surface area contributed by atoms with Crippen LogP contribution in [0.2, 0.25) is 0 Å². The second-order valence-electron chi connectivity index (χ2n) is 23.7. The van der Waals surface area contributed by atoms with E-state index < -0.39 is 47.3 Å². The average molecular weight is 1580 g/mol. The summed E-state index contributed by atoms with van der Waals surface area (Å²) in [5.41, 5.74) is 6.09. The van der Waals surface area contributed by atoms with Crippen LogP contribution in [0.15, 0.2) is 43.1 Å². The largest absolute Gasteiger partial charge is 0.377 e. The predicted molar refractivity (Wildman–Crippen MR) is 398 cm³/mol. The monoisotopic (exact) mass is 1570 g/mol. The third kappa shape index (κ3) is 39.5. The first-order valence-electron chi connectivity index (χ1n) is 36.3. The zero-order chi connectivity index (χ0) is 80.1. The van der Waals surface area contributed by atoms with E-state index in [1.54, 1.807) is 42.2 Å². The molecular formula is C69H110N18O24. The maximum Gasteiger partial charge on any atom is 0.291 e. The lowest BCUT2D eigenvalue weighted by molar-refractivity contribution is -0.126. The number of nitrogens with two attached hydrogens (primary N) is 1. The number of aryl methyl sites for hydroxylation is 5. The molecule has 0 aromatic carbocycles. The number of imidazole rings is 3. The molecule has 0 aliphatic heterocycles. The number of carbonyl (C=O) groups excluding carboxylic acids is 9. The summed E-state index contributed by atoms with van der Waals surface area (Å²) in [5.74, 6) is -4.26. The average Bonchev–Trinajstić information content (AvgIpc) is 1.70. The third-order valence-electron chi connectivity index (χ3n) is 14.9. The Morgan fingerprint density at radius 2 is 0.568 bits per heavy atom. The van der Waals surface area contributed by atoms with E-state index >= 15 is 0 Å². The lowest BCUT2D eigenvalue weighted by Crippen LogP contribution is -2.31. The van der Waals surface area contributed by atoms with Crippen molar-refractivity contribution < 1.29 is 114 Å². The Balaban J connectivity index is 0.778. The summed E-state index contributed by atoms with van der Waals surface area (Å²) in [4.78, 5) is 128. The molecule has 0 spiro atoms. The fourth-order valence-corrected chi connectivity index (χ4v) is 9.51. The number of anilines is 5. The van der Waals surface area contributed by atoms with Gasteiger partial charge in [-0.1, -0.05) is 0 Å². The Kier molecular flexibility index (Phi) is 46.7. The highest BCUT2D eigenvalue weighted by Crippen LogP contribution is 2.18. The van der Waals surface area contributed by atoms with Crippen LogP contribution in [-0.2, 0) is 125 Å². The highest BCUT2D eigenvalue weighted by Gasteiger charge is 2.22. The molecular weight excluding hydrogens is 1460 g/mol. The molecule has 0 aliphatic carbocycles. The molecule has 42 nitrogen and oxygen atoms in total. The van der Waals surface area contributed by atoms with Gasteiger partial charge in [0.05, 0.1) is 203 Å². The number of nitrogens with one attached hydrogen (secondary N) is 9. The molecule has 0 aliphatic rings. The number of hydrogen-bond acceptors (Lipinski definition) is 28. The molecule has 5 aromatic heterocycles. The summed E-state index contributed by atoms with van der Waals surface area (Å²) in [6.45, 7) is 14.0. The third-order valence-corrected chi connectivity index (χ3v) is 14.9. The van der Waals surface area contributed by atoms with Gasteiger partial charge in [-0.3, -0.25) is 43.2 Å². The Labute approximate surface area is 643 Å². The smallest absolute Gasteiger partial charge is 0.291 e. The summed E-state index contributed by atoms with van der Waals surface area (Å²) in [6, 6.07) is 2.87. The van der Waals surface area contributed by atoms with Gasteiger partial charge in [0.1, 0.15) is 18.0 Å². The lowest BCUT2D eigenvalue weighted by Gasteiger charge is -2.09. The fraction of sp³-hybridized carbons (Fsp3) is 0.623. The number of amides is 9. The van der Waals surface area contributed by atoms with Gasteiger partial charge in [-0.25, -0.2) is 15.0 Å². The number of hydrogen-bond donors (Lipinski definition) is 10. The Morgan fingerprint density at radius 3 is 0.847 bits per heavy atom. The lowest BCUT2D eigenvalue weighted by atomic mass is 10.3. The van der Waals surface area contributed by atoms with Crippen molar-refractivity contribution in [3.8, 4) is 0 Å². The SMILES string of the molecule is CCNC(=O)c1nc(NC(=O)CCNC(=O)c2cc(NC(=O)c3nc(NC(=O)CCNC(=O)c4cc(NC(=O)c5nc(NC(=O)CCNC(=O)COCCOCCOCCOCCOCCOCCOCCOCCOCCOCCOCCOCCOCCOCCOCN)cn5C)cn4C)cn3C)cn2C)cn1C. The topological polar surface area (TPSA) is 490 Å². The van der Waals surface area contributed by atoms with Crippen LogP contribution in [0.4, 0.5) is 28.8 Å². The van der Waals surface area contributed by atoms with Gasteiger partial charge < -0.3 is 147 Å². The van der Waals surface area contributed by atoms with E-state index in [1.165, 1.54) is 66.0 Å². The van der Waals surface area contributed by atoms with Crippen molar-refractivity contribution in [2.75, 3.05) is 251 Å². The number of rotatable bonds is 65. The standard InChI is InChI=1S/C69H110N18O24/c1-7-71-67(94)62-80-55(46-85(62)4)77-59(89)9-12-73-65(92)53-43-52(45-83(53)2)76-69(96)64-82-57(48-87(64)6)79-60(90)10-13-74-66(93)54-42-51(44-84(54)3)75-68(95)63-81-56(47-86(63)5)78-58(88)8-11-72-61(91)49-110-40-38-108-36-34-106-32-30-104-28-26-102-24-22-100-20-18-98-16-14-97-15-17-99-19-21-101-23-25-103-27-29-105-31-33-107-35-37-109-39-41-111-50-70/h42-48H,7-41,49-50,70H2,1-6H3,(H,71,94)(H,72,91)(H,73,92)(H,74,93)(H,75,95)(H,76,96)(H,77,89)(H,78,88)(H,79,90). The first-order chi connectivity index (χ1) is 53.8. The van der Waals surface area contributed by atoms with Gasteiger partial charge in [-0.05, 0) is 19.1 Å². The normalized spacial score (nSPS) is 11.2. The van der Waals surface area contributed by atoms with Crippen molar-refractivity contribution in [2.24, 2.45) is 41.0 Å². The van der Waals surface area contributed by atoms with Crippen LogP contribution in [0.25, 0.3) is 0 Å². The zero-order valence-corrected chi connectivity index (χ0v) is 64.2. The summed E-state index contributed by atoms with van der Waals surface area (Å²) in [6.07, 6.45) is 7.02. The second-order valence-corrected chi connectivity index (χ2v) is 23.7. The summed E-state index contributed by atoms with van der Waals surface area (Å²) >= 11 is 0. The maximum absolute atomic E-state index is 13.3. The number of carbonyl (C=O) groups is 9. The van der Waals surface area contributed by atoms with Gasteiger partial charge >= 0.3 is 0 Å². The van der Waals surface area contributed by atoms with Crippen molar-refractivity contribution in [3.05, 3.63) is 72.0 Å². The van der Waals surface area contributed by atoms with E-state index in [4.69, 9.17) is 76.8 Å². The minimum Gasteiger partial charge on any atom is -0.377 e. The first-order valence-corrected chi connectivity index (χ1v) is 36.3. The summed E-state index contributed by atoms with van der Waals surface area (Å²) in [7, 11) is 7.91. The molecule has 5 heterocycles. The van der Waals surface area contributed by atoms with Crippen molar-refractivity contribution in [2.45, 2.75) is 26.2 Å². The minimum absolute atomic E-state index is 0.00874.